The molecule has 0 saturated carbocycles. The van der Waals surface area contributed by atoms with Crippen molar-refractivity contribution >= 4 is 11.8 Å². The molecule has 1 aromatic heterocycles. The van der Waals surface area contributed by atoms with Gasteiger partial charge in [0.25, 0.3) is 0 Å². The number of hydrogen-bond donors (Lipinski definition) is 0. The van der Waals surface area contributed by atoms with Crippen LogP contribution in [0.4, 0.5) is 0 Å². The average Bonchev–Trinajstić information content (AvgIpc) is 2.41. The standard InChI is InChI=1S/C10H13NO3/c1-6-8(7(2)12)5-11(3)9(6)10(13)14-4/h5H,1-4H3. The van der Waals surface area contributed by atoms with Crippen LogP contribution < -0.4 is 0 Å². The largest absolute Gasteiger partial charge is 0.464 e. The third-order valence-corrected chi connectivity index (χ3v) is 2.19. The van der Waals surface area contributed by atoms with E-state index in [2.05, 4.69) is 4.74 Å². The maximum Gasteiger partial charge on any atom is 0.354 e. The number of ketones is 1. The van der Waals surface area contributed by atoms with E-state index in [1.807, 2.05) is 0 Å². The molecule has 0 fully saturated rings. The lowest BCUT2D eigenvalue weighted by molar-refractivity contribution is 0.0589. The van der Waals surface area contributed by atoms with Gasteiger partial charge in [-0.3, -0.25) is 4.79 Å². The minimum absolute atomic E-state index is 0.0479. The highest BCUT2D eigenvalue weighted by molar-refractivity contribution is 6.00. The van der Waals surface area contributed by atoms with Gasteiger partial charge in [0.1, 0.15) is 5.69 Å². The average molecular weight is 195 g/mol. The molecule has 4 heteroatoms. The van der Waals surface area contributed by atoms with Crippen LogP contribution in [0.3, 0.4) is 0 Å². The molecular formula is C10H13NO3. The number of esters is 1. The van der Waals surface area contributed by atoms with E-state index < -0.39 is 5.97 Å². The number of hydrogen-bond acceptors (Lipinski definition) is 3. The van der Waals surface area contributed by atoms with Crippen LogP contribution in [-0.4, -0.2) is 23.4 Å². The van der Waals surface area contributed by atoms with Crippen LogP contribution in [0.25, 0.3) is 0 Å². The zero-order valence-corrected chi connectivity index (χ0v) is 8.75. The third-order valence-electron chi connectivity index (χ3n) is 2.19. The monoisotopic (exact) mass is 195 g/mol. The first kappa shape index (κ1) is 10.5. The van der Waals surface area contributed by atoms with Gasteiger partial charge >= 0.3 is 5.97 Å². The molecule has 0 atom stereocenters. The van der Waals surface area contributed by atoms with Gasteiger partial charge in [0.05, 0.1) is 7.11 Å². The smallest absolute Gasteiger partial charge is 0.354 e. The van der Waals surface area contributed by atoms with Gasteiger partial charge in [0.15, 0.2) is 5.78 Å². The lowest BCUT2D eigenvalue weighted by Crippen LogP contribution is -2.08. The zero-order chi connectivity index (χ0) is 10.9. The Hall–Kier alpha value is -1.58. The van der Waals surface area contributed by atoms with E-state index in [0.29, 0.717) is 16.8 Å². The summed E-state index contributed by atoms with van der Waals surface area (Å²) in [5.41, 5.74) is 1.66. The van der Waals surface area contributed by atoms with Crippen molar-refractivity contribution in [2.45, 2.75) is 13.8 Å². The van der Waals surface area contributed by atoms with Crippen molar-refractivity contribution in [3.05, 3.63) is 23.0 Å². The minimum atomic E-state index is -0.419. The summed E-state index contributed by atoms with van der Waals surface area (Å²) in [6.45, 7) is 3.21. The Morgan fingerprint density at radius 1 is 1.43 bits per heavy atom. The number of ether oxygens (including phenoxy) is 1. The third kappa shape index (κ3) is 1.55. The number of Topliss-reactive ketones (excluding diaryl/α,β-unsaturated/α-hetero) is 1. The molecule has 0 aromatic carbocycles. The second kappa shape index (κ2) is 3.65. The van der Waals surface area contributed by atoms with E-state index in [9.17, 15) is 9.59 Å². The summed E-state index contributed by atoms with van der Waals surface area (Å²) < 4.78 is 6.23. The molecule has 0 amide bonds. The first-order valence-electron chi connectivity index (χ1n) is 4.24. The molecule has 0 aliphatic heterocycles. The molecule has 0 aliphatic rings. The molecule has 0 bridgehead atoms. The summed E-state index contributed by atoms with van der Waals surface area (Å²) in [6, 6.07) is 0. The number of nitrogens with zero attached hydrogens (tertiary/aromatic N) is 1. The van der Waals surface area contributed by atoms with Crippen molar-refractivity contribution in [3.63, 3.8) is 0 Å². The number of methoxy groups -OCH3 is 1. The fourth-order valence-corrected chi connectivity index (χ4v) is 1.50. The van der Waals surface area contributed by atoms with E-state index >= 15 is 0 Å². The Kier molecular flexibility index (Phi) is 2.74. The minimum Gasteiger partial charge on any atom is -0.464 e. The predicted molar refractivity (Wildman–Crippen MR) is 51.5 cm³/mol. The van der Waals surface area contributed by atoms with Crippen LogP contribution in [-0.2, 0) is 11.8 Å². The molecule has 0 N–H and O–H groups in total. The van der Waals surface area contributed by atoms with Crippen molar-refractivity contribution in [1.82, 2.24) is 4.57 Å². The van der Waals surface area contributed by atoms with Crippen molar-refractivity contribution in [2.24, 2.45) is 7.05 Å². The van der Waals surface area contributed by atoms with E-state index in [-0.39, 0.29) is 5.78 Å². The first-order chi connectivity index (χ1) is 6.49. The quantitative estimate of drug-likeness (QED) is 0.528. The molecule has 0 unspecified atom stereocenters. The Morgan fingerprint density at radius 2 is 2.00 bits per heavy atom. The molecular weight excluding hydrogens is 182 g/mol. The van der Waals surface area contributed by atoms with Gasteiger partial charge in [0.2, 0.25) is 0 Å². The highest BCUT2D eigenvalue weighted by Crippen LogP contribution is 2.16. The molecule has 1 aromatic rings. The lowest BCUT2D eigenvalue weighted by atomic mass is 10.1. The number of carbonyl (C=O) groups is 2. The summed E-state index contributed by atoms with van der Waals surface area (Å²) in [5, 5.41) is 0. The number of carbonyl (C=O) groups excluding carboxylic acids is 2. The van der Waals surface area contributed by atoms with Crippen LogP contribution in [0.5, 0.6) is 0 Å². The Balaban J connectivity index is 3.31. The highest BCUT2D eigenvalue weighted by Gasteiger charge is 2.19. The van der Waals surface area contributed by atoms with Crippen molar-refractivity contribution < 1.29 is 14.3 Å². The van der Waals surface area contributed by atoms with E-state index in [4.69, 9.17) is 0 Å². The van der Waals surface area contributed by atoms with Gasteiger partial charge in [-0.15, -0.1) is 0 Å². The van der Waals surface area contributed by atoms with Gasteiger partial charge in [0, 0.05) is 18.8 Å². The molecule has 76 valence electrons. The Labute approximate surface area is 82.5 Å². The highest BCUT2D eigenvalue weighted by atomic mass is 16.5. The topological polar surface area (TPSA) is 48.3 Å². The lowest BCUT2D eigenvalue weighted by Gasteiger charge is -2.01. The van der Waals surface area contributed by atoms with Gasteiger partial charge in [-0.05, 0) is 19.4 Å². The zero-order valence-electron chi connectivity index (χ0n) is 8.75. The van der Waals surface area contributed by atoms with E-state index in [0.717, 1.165) is 0 Å². The molecule has 1 rings (SSSR count). The number of aryl methyl sites for hydroxylation is 1. The van der Waals surface area contributed by atoms with Crippen LogP contribution in [0.1, 0.15) is 33.3 Å². The molecule has 0 spiro atoms. The molecule has 0 radical (unpaired) electrons. The predicted octanol–water partition coefficient (Wildman–Crippen LogP) is 1.32. The normalized spacial score (nSPS) is 10.0. The second-order valence-electron chi connectivity index (χ2n) is 3.18. The van der Waals surface area contributed by atoms with Gasteiger partial charge in [-0.2, -0.15) is 0 Å². The molecule has 0 aliphatic carbocycles. The summed E-state index contributed by atoms with van der Waals surface area (Å²) in [7, 11) is 3.04. The van der Waals surface area contributed by atoms with Gasteiger partial charge < -0.3 is 9.30 Å². The Bertz CT molecular complexity index is 390. The summed E-state index contributed by atoms with van der Waals surface area (Å²) in [4.78, 5) is 22.5. The van der Waals surface area contributed by atoms with E-state index in [1.54, 1.807) is 24.7 Å². The maximum absolute atomic E-state index is 11.3. The van der Waals surface area contributed by atoms with Crippen molar-refractivity contribution in [2.75, 3.05) is 7.11 Å². The second-order valence-corrected chi connectivity index (χ2v) is 3.18. The molecule has 4 nitrogen and oxygen atoms in total. The molecule has 14 heavy (non-hydrogen) atoms. The SMILES string of the molecule is COC(=O)c1c(C)c(C(C)=O)cn1C. The molecule has 0 saturated heterocycles. The van der Waals surface area contributed by atoms with Crippen molar-refractivity contribution in [1.29, 1.82) is 0 Å². The van der Waals surface area contributed by atoms with Crippen LogP contribution >= 0.6 is 0 Å². The van der Waals surface area contributed by atoms with Crippen LogP contribution in [0.2, 0.25) is 0 Å². The summed E-state index contributed by atoms with van der Waals surface area (Å²) in [5.74, 6) is -0.467. The van der Waals surface area contributed by atoms with E-state index in [1.165, 1.54) is 14.0 Å². The number of aromatic nitrogens is 1. The Morgan fingerprint density at radius 3 is 2.36 bits per heavy atom. The summed E-state index contributed by atoms with van der Waals surface area (Å²) in [6.07, 6.45) is 1.64. The molecule has 1 heterocycles. The van der Waals surface area contributed by atoms with Gasteiger partial charge in [-0.25, -0.2) is 4.79 Å². The number of rotatable bonds is 2. The maximum atomic E-state index is 11.3. The van der Waals surface area contributed by atoms with Gasteiger partial charge in [-0.1, -0.05) is 0 Å². The first-order valence-corrected chi connectivity index (χ1v) is 4.24. The fraction of sp³-hybridized carbons (Fsp3) is 0.400. The van der Waals surface area contributed by atoms with Crippen LogP contribution in [0.15, 0.2) is 6.20 Å². The van der Waals surface area contributed by atoms with Crippen LogP contribution in [0, 0.1) is 6.92 Å². The summed E-state index contributed by atoms with van der Waals surface area (Å²) >= 11 is 0. The fourth-order valence-electron chi connectivity index (χ4n) is 1.50. The van der Waals surface area contributed by atoms with Crippen molar-refractivity contribution in [3.8, 4) is 0 Å².